The van der Waals surface area contributed by atoms with Crippen LogP contribution in [0.5, 0.6) is 0 Å². The third-order valence-electron chi connectivity index (χ3n) is 5.32. The monoisotopic (exact) mass is 364 g/mol. The second-order valence-electron chi connectivity index (χ2n) is 7.50. The minimum Gasteiger partial charge on any atom is -0.300 e. The molecule has 0 amide bonds. The molecule has 0 radical (unpaired) electrons. The van der Waals surface area contributed by atoms with E-state index in [1.165, 1.54) is 55.5 Å². The van der Waals surface area contributed by atoms with E-state index in [1.807, 2.05) is 0 Å². The molecule has 2 saturated heterocycles. The number of piperidine rings is 2. The second kappa shape index (κ2) is 7.46. The SMILES string of the molecule is C[C@H]1C[C@H](C)CN(C2CCN(Cc3ccccc3Br)CC2)C1. The fourth-order valence-corrected chi connectivity index (χ4v) is 4.73. The zero-order chi connectivity index (χ0) is 15.5. The van der Waals surface area contributed by atoms with E-state index in [4.69, 9.17) is 0 Å². The van der Waals surface area contributed by atoms with E-state index in [-0.39, 0.29) is 0 Å². The summed E-state index contributed by atoms with van der Waals surface area (Å²) in [4.78, 5) is 5.40. The summed E-state index contributed by atoms with van der Waals surface area (Å²) in [5.74, 6) is 1.75. The van der Waals surface area contributed by atoms with Crippen molar-refractivity contribution in [1.29, 1.82) is 0 Å². The Morgan fingerprint density at radius 1 is 1.05 bits per heavy atom. The molecule has 0 unspecified atom stereocenters. The summed E-state index contributed by atoms with van der Waals surface area (Å²) in [5.41, 5.74) is 1.42. The zero-order valence-corrected chi connectivity index (χ0v) is 15.6. The fraction of sp³-hybridized carbons (Fsp3) is 0.684. The van der Waals surface area contributed by atoms with E-state index in [0.29, 0.717) is 0 Å². The normalized spacial score (nSPS) is 28.9. The molecule has 0 saturated carbocycles. The van der Waals surface area contributed by atoms with Crippen molar-refractivity contribution in [3.8, 4) is 0 Å². The van der Waals surface area contributed by atoms with Gasteiger partial charge in [-0.15, -0.1) is 0 Å². The predicted octanol–water partition coefficient (Wildman–Crippen LogP) is 4.39. The molecule has 1 aromatic rings. The summed E-state index contributed by atoms with van der Waals surface area (Å²) in [6.45, 7) is 11.0. The van der Waals surface area contributed by atoms with E-state index < -0.39 is 0 Å². The number of benzene rings is 1. The highest BCUT2D eigenvalue weighted by molar-refractivity contribution is 9.10. The van der Waals surface area contributed by atoms with Gasteiger partial charge in [-0.25, -0.2) is 0 Å². The molecule has 0 N–H and O–H groups in total. The minimum atomic E-state index is 0.820. The molecule has 22 heavy (non-hydrogen) atoms. The Bertz CT molecular complexity index is 472. The van der Waals surface area contributed by atoms with E-state index >= 15 is 0 Å². The lowest BCUT2D eigenvalue weighted by Gasteiger charge is -2.43. The van der Waals surface area contributed by atoms with Gasteiger partial charge in [0.15, 0.2) is 0 Å². The molecule has 122 valence electrons. The highest BCUT2D eigenvalue weighted by Crippen LogP contribution is 2.27. The average Bonchev–Trinajstić information content (AvgIpc) is 2.49. The third kappa shape index (κ3) is 4.12. The summed E-state index contributed by atoms with van der Waals surface area (Å²) in [6, 6.07) is 9.45. The van der Waals surface area contributed by atoms with E-state index in [2.05, 4.69) is 63.8 Å². The van der Waals surface area contributed by atoms with Gasteiger partial charge in [0, 0.05) is 30.1 Å². The molecule has 3 heteroatoms. The lowest BCUT2D eigenvalue weighted by Crippen LogP contribution is -2.49. The standard InChI is InChI=1S/C19H29BrN2/c1-15-11-16(2)13-22(12-15)18-7-9-21(10-8-18)14-17-5-3-4-6-19(17)20/h3-6,15-16,18H,7-14H2,1-2H3/t15-,16-/m0/s1. The van der Waals surface area contributed by atoms with Crippen LogP contribution in [0.2, 0.25) is 0 Å². The lowest BCUT2D eigenvalue weighted by molar-refractivity contribution is 0.0529. The van der Waals surface area contributed by atoms with Crippen molar-refractivity contribution in [3.63, 3.8) is 0 Å². The van der Waals surface area contributed by atoms with Crippen LogP contribution in [0.4, 0.5) is 0 Å². The molecule has 0 aliphatic carbocycles. The number of rotatable bonds is 3. The van der Waals surface area contributed by atoms with Crippen molar-refractivity contribution < 1.29 is 0 Å². The van der Waals surface area contributed by atoms with E-state index in [9.17, 15) is 0 Å². The Kier molecular flexibility index (Phi) is 5.59. The molecular weight excluding hydrogens is 336 g/mol. The van der Waals surface area contributed by atoms with Crippen molar-refractivity contribution in [2.45, 2.75) is 45.7 Å². The second-order valence-corrected chi connectivity index (χ2v) is 8.35. The number of nitrogens with zero attached hydrogens (tertiary/aromatic N) is 2. The van der Waals surface area contributed by atoms with Gasteiger partial charge >= 0.3 is 0 Å². The molecule has 0 spiro atoms. The Balaban J connectivity index is 1.51. The van der Waals surface area contributed by atoms with Crippen molar-refractivity contribution in [1.82, 2.24) is 9.80 Å². The summed E-state index contributed by atoms with van der Waals surface area (Å²) in [6.07, 6.45) is 4.09. The zero-order valence-electron chi connectivity index (χ0n) is 14.0. The number of hydrogen-bond acceptors (Lipinski definition) is 2. The molecule has 0 aromatic heterocycles. The Hall–Kier alpha value is -0.380. The maximum Gasteiger partial charge on any atom is 0.0244 e. The van der Waals surface area contributed by atoms with Gasteiger partial charge in [-0.3, -0.25) is 9.80 Å². The Labute approximate surface area is 144 Å². The lowest BCUT2D eigenvalue weighted by atomic mass is 9.89. The van der Waals surface area contributed by atoms with Crippen LogP contribution in [-0.4, -0.2) is 42.0 Å². The average molecular weight is 365 g/mol. The first-order valence-electron chi connectivity index (χ1n) is 8.81. The van der Waals surface area contributed by atoms with Gasteiger partial charge in [-0.1, -0.05) is 48.0 Å². The topological polar surface area (TPSA) is 6.48 Å². The maximum atomic E-state index is 3.68. The van der Waals surface area contributed by atoms with Crippen LogP contribution in [0.3, 0.4) is 0 Å². The quantitative estimate of drug-likeness (QED) is 0.784. The maximum absolute atomic E-state index is 3.68. The van der Waals surface area contributed by atoms with Crippen molar-refractivity contribution >= 4 is 15.9 Å². The smallest absolute Gasteiger partial charge is 0.0244 e. The fourth-order valence-electron chi connectivity index (χ4n) is 4.32. The van der Waals surface area contributed by atoms with Crippen LogP contribution in [0, 0.1) is 11.8 Å². The third-order valence-corrected chi connectivity index (χ3v) is 6.10. The van der Waals surface area contributed by atoms with Gasteiger partial charge in [0.1, 0.15) is 0 Å². The van der Waals surface area contributed by atoms with Gasteiger partial charge in [0.05, 0.1) is 0 Å². The molecule has 2 heterocycles. The summed E-state index contributed by atoms with van der Waals surface area (Å²) < 4.78 is 1.25. The first kappa shape index (κ1) is 16.5. The first-order valence-corrected chi connectivity index (χ1v) is 9.61. The minimum absolute atomic E-state index is 0.820. The molecule has 2 fully saturated rings. The summed E-state index contributed by atoms with van der Waals surface area (Å²) in [7, 11) is 0. The number of likely N-dealkylation sites (tertiary alicyclic amines) is 2. The molecule has 2 aliphatic heterocycles. The van der Waals surface area contributed by atoms with Gasteiger partial charge in [-0.05, 0) is 55.8 Å². The largest absolute Gasteiger partial charge is 0.300 e. The van der Waals surface area contributed by atoms with Gasteiger partial charge in [0.2, 0.25) is 0 Å². The van der Waals surface area contributed by atoms with Crippen molar-refractivity contribution in [3.05, 3.63) is 34.3 Å². The Morgan fingerprint density at radius 2 is 1.68 bits per heavy atom. The van der Waals surface area contributed by atoms with Gasteiger partial charge < -0.3 is 0 Å². The highest BCUT2D eigenvalue weighted by atomic mass is 79.9. The molecule has 1 aromatic carbocycles. The molecule has 2 aliphatic rings. The molecular formula is C19H29BrN2. The van der Waals surface area contributed by atoms with E-state index in [0.717, 1.165) is 24.4 Å². The van der Waals surface area contributed by atoms with Crippen LogP contribution in [0.25, 0.3) is 0 Å². The van der Waals surface area contributed by atoms with Crippen LogP contribution in [0.15, 0.2) is 28.7 Å². The first-order chi connectivity index (χ1) is 10.6. The summed E-state index contributed by atoms with van der Waals surface area (Å²) in [5, 5.41) is 0. The van der Waals surface area contributed by atoms with Crippen molar-refractivity contribution in [2.24, 2.45) is 11.8 Å². The molecule has 3 rings (SSSR count). The van der Waals surface area contributed by atoms with E-state index in [1.54, 1.807) is 0 Å². The molecule has 2 atom stereocenters. The van der Waals surface area contributed by atoms with Crippen LogP contribution < -0.4 is 0 Å². The van der Waals surface area contributed by atoms with Crippen molar-refractivity contribution in [2.75, 3.05) is 26.2 Å². The molecule has 0 bridgehead atoms. The van der Waals surface area contributed by atoms with Crippen LogP contribution >= 0.6 is 15.9 Å². The predicted molar refractivity (Wildman–Crippen MR) is 97.0 cm³/mol. The molecule has 2 nitrogen and oxygen atoms in total. The van der Waals surface area contributed by atoms with Crippen LogP contribution in [0.1, 0.15) is 38.7 Å². The van der Waals surface area contributed by atoms with Gasteiger partial charge in [-0.2, -0.15) is 0 Å². The highest BCUT2D eigenvalue weighted by Gasteiger charge is 2.29. The number of hydrogen-bond donors (Lipinski definition) is 0. The van der Waals surface area contributed by atoms with Crippen LogP contribution in [-0.2, 0) is 6.54 Å². The number of halogens is 1. The Morgan fingerprint density at radius 3 is 2.32 bits per heavy atom. The van der Waals surface area contributed by atoms with Gasteiger partial charge in [0.25, 0.3) is 0 Å². The summed E-state index contributed by atoms with van der Waals surface area (Å²) >= 11 is 3.68.